The fourth-order valence-electron chi connectivity index (χ4n) is 3.37. The van der Waals surface area contributed by atoms with E-state index in [1.165, 1.54) is 10.4 Å². The number of rotatable bonds is 3. The Morgan fingerprint density at radius 2 is 1.75 bits per heavy atom. The molecule has 3 aromatic heterocycles. The molecule has 0 saturated carbocycles. The Hall–Kier alpha value is -2.64. The highest BCUT2D eigenvalue weighted by molar-refractivity contribution is 7.85. The molecule has 0 radical (unpaired) electrons. The van der Waals surface area contributed by atoms with Gasteiger partial charge in [0.2, 0.25) is 0 Å². The molecule has 0 bridgehead atoms. The van der Waals surface area contributed by atoms with Crippen LogP contribution in [-0.4, -0.2) is 43.8 Å². The molecular formula is C21H18N4OS2. The molecule has 1 fully saturated rings. The summed E-state index contributed by atoms with van der Waals surface area (Å²) in [4.78, 5) is 18.4. The Bertz CT molecular complexity index is 1140. The summed E-state index contributed by atoms with van der Waals surface area (Å²) >= 11 is 1.68. The van der Waals surface area contributed by atoms with Gasteiger partial charge in [0, 0.05) is 58.2 Å². The first kappa shape index (κ1) is 17.5. The van der Waals surface area contributed by atoms with Gasteiger partial charge < -0.3 is 4.90 Å². The third-order valence-corrected chi connectivity index (χ3v) is 7.18. The first-order valence-corrected chi connectivity index (χ1v) is 11.5. The van der Waals surface area contributed by atoms with Gasteiger partial charge in [-0.3, -0.25) is 9.19 Å². The summed E-state index contributed by atoms with van der Waals surface area (Å²) in [6.45, 7) is 1.50. The molecule has 0 amide bonds. The molecule has 5 rings (SSSR count). The van der Waals surface area contributed by atoms with Crippen LogP contribution < -0.4 is 4.90 Å². The van der Waals surface area contributed by atoms with Gasteiger partial charge in [-0.1, -0.05) is 30.3 Å². The minimum Gasteiger partial charge on any atom is -0.354 e. The van der Waals surface area contributed by atoms with Gasteiger partial charge in [0.15, 0.2) is 5.82 Å². The molecule has 28 heavy (non-hydrogen) atoms. The Balaban J connectivity index is 1.68. The van der Waals surface area contributed by atoms with Crippen LogP contribution in [0.25, 0.3) is 32.0 Å². The number of anilines is 1. The minimum atomic E-state index is -0.727. The summed E-state index contributed by atoms with van der Waals surface area (Å²) in [5.74, 6) is 2.98. The van der Waals surface area contributed by atoms with Crippen LogP contribution in [0.5, 0.6) is 0 Å². The normalized spacial score (nSPS) is 15.2. The Labute approximate surface area is 169 Å². The largest absolute Gasteiger partial charge is 0.354 e. The average Bonchev–Trinajstić information content (AvgIpc) is 3.19. The van der Waals surface area contributed by atoms with Gasteiger partial charge >= 0.3 is 0 Å². The van der Waals surface area contributed by atoms with Crippen molar-refractivity contribution in [3.8, 4) is 21.8 Å². The second-order valence-electron chi connectivity index (χ2n) is 6.64. The number of hydrogen-bond acceptors (Lipinski definition) is 6. The molecule has 1 aromatic carbocycles. The van der Waals surface area contributed by atoms with Crippen LogP contribution in [-0.2, 0) is 10.8 Å². The lowest BCUT2D eigenvalue weighted by molar-refractivity contribution is 0.672. The maximum atomic E-state index is 11.8. The van der Waals surface area contributed by atoms with E-state index >= 15 is 0 Å². The molecule has 0 N–H and O–H groups in total. The molecule has 0 spiro atoms. The Morgan fingerprint density at radius 3 is 2.50 bits per heavy atom. The smallest absolute Gasteiger partial charge is 0.164 e. The van der Waals surface area contributed by atoms with Gasteiger partial charge in [-0.25, -0.2) is 9.97 Å². The van der Waals surface area contributed by atoms with Crippen LogP contribution >= 0.6 is 11.3 Å². The van der Waals surface area contributed by atoms with Gasteiger partial charge in [-0.15, -0.1) is 11.3 Å². The monoisotopic (exact) mass is 406 g/mol. The van der Waals surface area contributed by atoms with Crippen molar-refractivity contribution in [3.63, 3.8) is 0 Å². The van der Waals surface area contributed by atoms with Crippen molar-refractivity contribution in [1.82, 2.24) is 15.0 Å². The molecule has 7 heteroatoms. The van der Waals surface area contributed by atoms with Crippen LogP contribution in [0.1, 0.15) is 0 Å². The number of aromatic nitrogens is 3. The second kappa shape index (κ2) is 7.41. The van der Waals surface area contributed by atoms with Crippen LogP contribution in [0.2, 0.25) is 0 Å². The van der Waals surface area contributed by atoms with Crippen molar-refractivity contribution >= 4 is 38.2 Å². The summed E-state index contributed by atoms with van der Waals surface area (Å²) in [5, 5.41) is 1.06. The second-order valence-corrected chi connectivity index (χ2v) is 9.37. The predicted octanol–water partition coefficient (Wildman–Crippen LogP) is 3.99. The molecule has 4 aromatic rings. The van der Waals surface area contributed by atoms with Crippen molar-refractivity contribution in [2.75, 3.05) is 29.5 Å². The van der Waals surface area contributed by atoms with Crippen molar-refractivity contribution in [2.45, 2.75) is 0 Å². The third-order valence-electron chi connectivity index (χ3n) is 4.83. The van der Waals surface area contributed by atoms with Gasteiger partial charge in [0.25, 0.3) is 0 Å². The lowest BCUT2D eigenvalue weighted by Crippen LogP contribution is -2.38. The van der Waals surface area contributed by atoms with E-state index in [4.69, 9.17) is 9.97 Å². The standard InChI is InChI=1S/C21H18N4OS2/c26-28-11-9-25(10-12-28)20-17-13-18(15-5-2-1-3-6-15)27-21(17)24-19(23-20)16-7-4-8-22-14-16/h1-8,13-14H,9-12H2. The Kier molecular flexibility index (Phi) is 4.62. The van der Waals surface area contributed by atoms with E-state index in [2.05, 4.69) is 28.1 Å². The first-order valence-electron chi connectivity index (χ1n) is 9.15. The zero-order chi connectivity index (χ0) is 18.9. The molecule has 0 aliphatic carbocycles. The SMILES string of the molecule is O=S1CCN(c2nc(-c3cccnc3)nc3sc(-c4ccccc4)cc23)CC1. The topological polar surface area (TPSA) is 59.0 Å². The van der Waals surface area contributed by atoms with Gasteiger partial charge in [-0.05, 0) is 23.8 Å². The first-order chi connectivity index (χ1) is 13.8. The molecular weight excluding hydrogens is 388 g/mol. The molecule has 0 unspecified atom stereocenters. The van der Waals surface area contributed by atoms with Crippen LogP contribution in [0, 0.1) is 0 Å². The van der Waals surface area contributed by atoms with E-state index in [-0.39, 0.29) is 0 Å². The number of benzene rings is 1. The average molecular weight is 407 g/mol. The minimum absolute atomic E-state index is 0.684. The van der Waals surface area contributed by atoms with Gasteiger partial charge in [-0.2, -0.15) is 0 Å². The summed E-state index contributed by atoms with van der Waals surface area (Å²) in [5.41, 5.74) is 2.08. The van der Waals surface area contributed by atoms with Crippen LogP contribution in [0.4, 0.5) is 5.82 Å². The predicted molar refractivity (Wildman–Crippen MR) is 116 cm³/mol. The van der Waals surface area contributed by atoms with E-state index in [0.29, 0.717) is 17.3 Å². The maximum absolute atomic E-state index is 11.8. The van der Waals surface area contributed by atoms with Crippen molar-refractivity contribution < 1.29 is 4.21 Å². The molecule has 1 aliphatic rings. The number of hydrogen-bond donors (Lipinski definition) is 0. The van der Waals surface area contributed by atoms with Gasteiger partial charge in [0.05, 0.1) is 5.39 Å². The van der Waals surface area contributed by atoms with Crippen LogP contribution in [0.15, 0.2) is 60.9 Å². The fourth-order valence-corrected chi connectivity index (χ4v) is 5.45. The van der Waals surface area contributed by atoms with E-state index < -0.39 is 10.8 Å². The van der Waals surface area contributed by atoms with Gasteiger partial charge in [0.1, 0.15) is 10.6 Å². The fraction of sp³-hybridized carbons (Fsp3) is 0.190. The summed E-state index contributed by atoms with van der Waals surface area (Å²) in [6.07, 6.45) is 3.55. The number of nitrogens with zero attached hydrogens (tertiary/aromatic N) is 4. The van der Waals surface area contributed by atoms with E-state index in [0.717, 1.165) is 34.7 Å². The van der Waals surface area contributed by atoms with E-state index in [9.17, 15) is 4.21 Å². The molecule has 5 nitrogen and oxygen atoms in total. The molecule has 1 aliphatic heterocycles. The highest BCUT2D eigenvalue weighted by Gasteiger charge is 2.22. The number of thiophene rings is 1. The molecule has 4 heterocycles. The third kappa shape index (κ3) is 3.31. The zero-order valence-corrected chi connectivity index (χ0v) is 16.7. The van der Waals surface area contributed by atoms with Crippen molar-refractivity contribution in [1.29, 1.82) is 0 Å². The summed E-state index contributed by atoms with van der Waals surface area (Å²) in [6, 6.07) is 16.4. The lowest BCUT2D eigenvalue weighted by atomic mass is 10.2. The number of fused-ring (bicyclic) bond motifs is 1. The number of pyridine rings is 1. The molecule has 0 atom stereocenters. The summed E-state index contributed by atoms with van der Waals surface area (Å²) < 4.78 is 11.8. The zero-order valence-electron chi connectivity index (χ0n) is 15.1. The van der Waals surface area contributed by atoms with E-state index in [1.807, 2.05) is 30.3 Å². The highest BCUT2D eigenvalue weighted by Crippen LogP contribution is 2.38. The maximum Gasteiger partial charge on any atom is 0.164 e. The molecule has 140 valence electrons. The quantitative estimate of drug-likeness (QED) is 0.515. The molecule has 1 saturated heterocycles. The lowest BCUT2D eigenvalue weighted by Gasteiger charge is -2.28. The Morgan fingerprint density at radius 1 is 0.964 bits per heavy atom. The highest BCUT2D eigenvalue weighted by atomic mass is 32.2. The summed E-state index contributed by atoms with van der Waals surface area (Å²) in [7, 11) is -0.727. The van der Waals surface area contributed by atoms with Crippen molar-refractivity contribution in [3.05, 3.63) is 60.9 Å². The van der Waals surface area contributed by atoms with Crippen LogP contribution in [0.3, 0.4) is 0 Å². The van der Waals surface area contributed by atoms with E-state index in [1.54, 1.807) is 23.7 Å². The van der Waals surface area contributed by atoms with Crippen molar-refractivity contribution in [2.24, 2.45) is 0 Å².